The van der Waals surface area contributed by atoms with E-state index in [2.05, 4.69) is 5.48 Å². The Labute approximate surface area is 119 Å². The Bertz CT molecular complexity index is 637. The molecule has 2 aromatic carbocycles. The minimum Gasteiger partial charge on any atom is -0.192 e. The number of rotatable bonds is 6. The summed E-state index contributed by atoms with van der Waals surface area (Å²) >= 11 is 0. The lowest BCUT2D eigenvalue weighted by Crippen LogP contribution is -2.22. The lowest BCUT2D eigenvalue weighted by molar-refractivity contribution is 0.205. The summed E-state index contributed by atoms with van der Waals surface area (Å²) in [5, 5.41) is 0. The fourth-order valence-corrected chi connectivity index (χ4v) is 2.52. The van der Waals surface area contributed by atoms with Crippen molar-refractivity contribution in [2.24, 2.45) is 0 Å². The van der Waals surface area contributed by atoms with Crippen LogP contribution in [0.25, 0.3) is 0 Å². The second kappa shape index (κ2) is 6.65. The molecule has 0 bridgehead atoms. The van der Waals surface area contributed by atoms with Gasteiger partial charge in [-0.3, -0.25) is 0 Å². The van der Waals surface area contributed by atoms with Crippen LogP contribution in [-0.2, 0) is 20.8 Å². The maximum absolute atomic E-state index is 11.9. The van der Waals surface area contributed by atoms with Crippen LogP contribution in [-0.4, -0.2) is 15.0 Å². The summed E-state index contributed by atoms with van der Waals surface area (Å²) in [5.41, 5.74) is 4.62. The maximum Gasteiger partial charge on any atom is 0.312 e. The van der Waals surface area contributed by atoms with E-state index in [1.807, 2.05) is 37.3 Å². The summed E-state index contributed by atoms with van der Waals surface area (Å²) in [6.07, 6.45) is 0.699. The fraction of sp³-hybridized carbons (Fsp3) is 0.200. The molecule has 1 N–H and O–H groups in total. The Morgan fingerprint density at radius 3 is 2.30 bits per heavy atom. The molecule has 0 unspecified atom stereocenters. The third kappa shape index (κ3) is 4.16. The Balaban J connectivity index is 1.85. The number of hydrogen-bond donors (Lipinski definition) is 1. The van der Waals surface area contributed by atoms with Crippen LogP contribution in [0.1, 0.15) is 11.1 Å². The van der Waals surface area contributed by atoms with Gasteiger partial charge in [-0.25, -0.2) is 0 Å². The highest BCUT2D eigenvalue weighted by atomic mass is 32.2. The Hall–Kier alpha value is -1.69. The van der Waals surface area contributed by atoms with E-state index in [0.29, 0.717) is 13.0 Å². The van der Waals surface area contributed by atoms with Gasteiger partial charge in [0.1, 0.15) is 0 Å². The third-order valence-electron chi connectivity index (χ3n) is 2.84. The highest BCUT2D eigenvalue weighted by molar-refractivity contribution is 7.86. The molecule has 0 aliphatic rings. The van der Waals surface area contributed by atoms with Crippen LogP contribution >= 0.6 is 0 Å². The summed E-state index contributed by atoms with van der Waals surface area (Å²) < 4.78 is 28.5. The average molecular weight is 291 g/mol. The summed E-state index contributed by atoms with van der Waals surface area (Å²) in [7, 11) is -3.74. The van der Waals surface area contributed by atoms with E-state index in [0.717, 1.165) is 11.1 Å². The monoisotopic (exact) mass is 291 g/mol. The molecule has 0 aliphatic carbocycles. The van der Waals surface area contributed by atoms with Gasteiger partial charge in [0.05, 0.1) is 4.90 Å². The van der Waals surface area contributed by atoms with E-state index >= 15 is 0 Å². The van der Waals surface area contributed by atoms with Crippen molar-refractivity contribution in [3.05, 3.63) is 65.7 Å². The predicted molar refractivity (Wildman–Crippen MR) is 77.6 cm³/mol. The summed E-state index contributed by atoms with van der Waals surface area (Å²) in [5.74, 6) is 0. The standard InChI is InChI=1S/C15H17NO3S/c1-13-7-9-15(10-8-13)20(17,18)19-16-12-11-14-5-3-2-4-6-14/h2-10,16H,11-12H2,1H3. The first kappa shape index (κ1) is 14.7. The Kier molecular flexibility index (Phi) is 4.89. The molecular formula is C15H17NO3S. The molecule has 0 saturated heterocycles. The summed E-state index contributed by atoms with van der Waals surface area (Å²) in [6.45, 7) is 2.32. The molecule has 5 heteroatoms. The normalized spacial score (nSPS) is 11.4. The van der Waals surface area contributed by atoms with Crippen molar-refractivity contribution in [3.63, 3.8) is 0 Å². The molecule has 20 heavy (non-hydrogen) atoms. The van der Waals surface area contributed by atoms with Crippen LogP contribution in [0.3, 0.4) is 0 Å². The summed E-state index contributed by atoms with van der Waals surface area (Å²) in [4.78, 5) is 0.148. The highest BCUT2D eigenvalue weighted by Gasteiger charge is 2.14. The molecule has 0 aromatic heterocycles. The van der Waals surface area contributed by atoms with Gasteiger partial charge in [-0.1, -0.05) is 48.0 Å². The third-order valence-corrected chi connectivity index (χ3v) is 4.02. The molecule has 4 nitrogen and oxygen atoms in total. The quantitative estimate of drug-likeness (QED) is 0.656. The van der Waals surface area contributed by atoms with Crippen molar-refractivity contribution in [1.29, 1.82) is 0 Å². The molecule has 106 valence electrons. The van der Waals surface area contributed by atoms with Crippen LogP contribution < -0.4 is 5.48 Å². The zero-order valence-corrected chi connectivity index (χ0v) is 12.1. The fourth-order valence-electron chi connectivity index (χ4n) is 1.71. The van der Waals surface area contributed by atoms with E-state index in [1.165, 1.54) is 12.1 Å². The average Bonchev–Trinajstić information content (AvgIpc) is 2.45. The lowest BCUT2D eigenvalue weighted by atomic mass is 10.2. The van der Waals surface area contributed by atoms with Crippen LogP contribution in [0, 0.1) is 6.92 Å². The number of aryl methyl sites for hydroxylation is 1. The van der Waals surface area contributed by atoms with Gasteiger partial charge in [-0.15, -0.1) is 0 Å². The van der Waals surface area contributed by atoms with Gasteiger partial charge in [0.2, 0.25) is 0 Å². The van der Waals surface area contributed by atoms with Gasteiger partial charge in [-0.05, 0) is 31.0 Å². The van der Waals surface area contributed by atoms with Crippen molar-refractivity contribution in [2.45, 2.75) is 18.2 Å². The molecule has 2 rings (SSSR count). The second-order valence-electron chi connectivity index (χ2n) is 4.48. The molecule has 0 spiro atoms. The molecule has 0 saturated carbocycles. The predicted octanol–water partition coefficient (Wildman–Crippen LogP) is 2.45. The molecule has 0 radical (unpaired) electrons. The molecule has 0 heterocycles. The van der Waals surface area contributed by atoms with Gasteiger partial charge < -0.3 is 0 Å². The van der Waals surface area contributed by atoms with Crippen molar-refractivity contribution in [1.82, 2.24) is 5.48 Å². The van der Waals surface area contributed by atoms with Crippen LogP contribution in [0.5, 0.6) is 0 Å². The molecule has 0 fully saturated rings. The smallest absolute Gasteiger partial charge is 0.192 e. The van der Waals surface area contributed by atoms with Crippen molar-refractivity contribution in [2.75, 3.05) is 6.54 Å². The van der Waals surface area contributed by atoms with Crippen molar-refractivity contribution < 1.29 is 12.7 Å². The number of hydroxylamine groups is 1. The van der Waals surface area contributed by atoms with Crippen LogP contribution in [0.2, 0.25) is 0 Å². The first-order valence-electron chi connectivity index (χ1n) is 6.35. The van der Waals surface area contributed by atoms with Crippen LogP contribution in [0.15, 0.2) is 59.5 Å². The van der Waals surface area contributed by atoms with E-state index in [-0.39, 0.29) is 4.90 Å². The number of hydrogen-bond acceptors (Lipinski definition) is 4. The highest BCUT2D eigenvalue weighted by Crippen LogP contribution is 2.12. The second-order valence-corrected chi connectivity index (χ2v) is 6.03. The topological polar surface area (TPSA) is 55.4 Å². The van der Waals surface area contributed by atoms with Gasteiger partial charge >= 0.3 is 10.1 Å². The van der Waals surface area contributed by atoms with E-state index in [1.54, 1.807) is 12.1 Å². The van der Waals surface area contributed by atoms with Crippen molar-refractivity contribution in [3.8, 4) is 0 Å². The van der Waals surface area contributed by atoms with Gasteiger partial charge in [0.25, 0.3) is 0 Å². The minimum atomic E-state index is -3.74. The minimum absolute atomic E-state index is 0.148. The van der Waals surface area contributed by atoms with Gasteiger partial charge in [0.15, 0.2) is 0 Å². The molecule has 2 aromatic rings. The first-order chi connectivity index (χ1) is 9.58. The van der Waals surface area contributed by atoms with Crippen LogP contribution in [0.4, 0.5) is 0 Å². The Morgan fingerprint density at radius 2 is 1.65 bits per heavy atom. The first-order valence-corrected chi connectivity index (χ1v) is 7.76. The molecule has 0 aliphatic heterocycles. The zero-order valence-electron chi connectivity index (χ0n) is 11.2. The summed E-state index contributed by atoms with van der Waals surface area (Å²) in [6, 6.07) is 16.3. The van der Waals surface area contributed by atoms with Gasteiger partial charge in [-0.2, -0.15) is 18.2 Å². The van der Waals surface area contributed by atoms with E-state index in [9.17, 15) is 8.42 Å². The van der Waals surface area contributed by atoms with E-state index < -0.39 is 10.1 Å². The molecular weight excluding hydrogens is 274 g/mol. The molecule has 0 amide bonds. The number of nitrogens with one attached hydrogen (secondary N) is 1. The van der Waals surface area contributed by atoms with E-state index in [4.69, 9.17) is 4.28 Å². The maximum atomic E-state index is 11.9. The largest absolute Gasteiger partial charge is 0.312 e. The Morgan fingerprint density at radius 1 is 1.00 bits per heavy atom. The SMILES string of the molecule is Cc1ccc(S(=O)(=O)ONCCc2ccccc2)cc1. The molecule has 0 atom stereocenters. The van der Waals surface area contributed by atoms with Gasteiger partial charge in [0, 0.05) is 6.54 Å². The lowest BCUT2D eigenvalue weighted by Gasteiger charge is -2.07. The zero-order chi connectivity index (χ0) is 14.4. The van der Waals surface area contributed by atoms with Crippen molar-refractivity contribution >= 4 is 10.1 Å². The number of benzene rings is 2.